The van der Waals surface area contributed by atoms with Crippen LogP contribution in [0.3, 0.4) is 0 Å². The van der Waals surface area contributed by atoms with E-state index in [1.807, 2.05) is 24.3 Å². The van der Waals surface area contributed by atoms with Crippen molar-refractivity contribution in [3.63, 3.8) is 0 Å². The first-order valence-electron chi connectivity index (χ1n) is 8.06. The lowest BCUT2D eigenvalue weighted by Gasteiger charge is -2.13. The second-order valence-electron chi connectivity index (χ2n) is 5.38. The zero-order valence-electron chi connectivity index (χ0n) is 15.2. The number of rotatable bonds is 7. The average Bonchev–Trinajstić information content (AvgIpc) is 2.65. The number of benzene rings is 2. The Labute approximate surface area is 171 Å². The van der Waals surface area contributed by atoms with Gasteiger partial charge in [0.1, 0.15) is 5.82 Å². The molecule has 0 unspecified atom stereocenters. The van der Waals surface area contributed by atoms with E-state index >= 15 is 0 Å². The van der Waals surface area contributed by atoms with Gasteiger partial charge >= 0.3 is 0 Å². The Balaban J connectivity index is 0.00000338. The van der Waals surface area contributed by atoms with Gasteiger partial charge in [-0.25, -0.2) is 4.39 Å². The monoisotopic (exact) mass is 473 g/mol. The van der Waals surface area contributed by atoms with Crippen molar-refractivity contribution in [1.82, 2.24) is 10.6 Å². The van der Waals surface area contributed by atoms with Crippen LogP contribution in [-0.2, 0) is 13.0 Å². The lowest BCUT2D eigenvalue weighted by Crippen LogP contribution is -2.38. The largest absolute Gasteiger partial charge is 0.493 e. The Kier molecular flexibility index (Phi) is 9.79. The minimum absolute atomic E-state index is 0. The molecule has 0 aliphatic heterocycles. The predicted octanol–water partition coefficient (Wildman–Crippen LogP) is 3.37. The molecule has 0 atom stereocenters. The molecule has 2 N–H and O–H groups in total. The maximum Gasteiger partial charge on any atom is 0.191 e. The second-order valence-corrected chi connectivity index (χ2v) is 5.38. The SMILES string of the molecule is CN=C(NCCc1ccc(OC)c(OC)c1)NCc1ccccc1F.I. The summed E-state index contributed by atoms with van der Waals surface area (Å²) in [6.45, 7) is 1.06. The normalized spacial score (nSPS) is 10.7. The molecule has 0 radical (unpaired) electrons. The van der Waals surface area contributed by atoms with Gasteiger partial charge < -0.3 is 20.1 Å². The molecule has 5 nitrogen and oxygen atoms in total. The van der Waals surface area contributed by atoms with Gasteiger partial charge in [0.2, 0.25) is 0 Å². The van der Waals surface area contributed by atoms with Crippen LogP contribution in [0.5, 0.6) is 11.5 Å². The fraction of sp³-hybridized carbons (Fsp3) is 0.316. The van der Waals surface area contributed by atoms with Crippen molar-refractivity contribution in [3.8, 4) is 11.5 Å². The summed E-state index contributed by atoms with van der Waals surface area (Å²) in [5.74, 6) is 1.82. The lowest BCUT2D eigenvalue weighted by atomic mass is 10.1. The van der Waals surface area contributed by atoms with Crippen molar-refractivity contribution in [2.24, 2.45) is 4.99 Å². The number of aliphatic imine (C=N–C) groups is 1. The van der Waals surface area contributed by atoms with Gasteiger partial charge in [-0.2, -0.15) is 0 Å². The zero-order chi connectivity index (χ0) is 18.1. The van der Waals surface area contributed by atoms with Crippen LogP contribution in [0, 0.1) is 5.82 Å². The van der Waals surface area contributed by atoms with Crippen LogP contribution in [0.15, 0.2) is 47.5 Å². The van der Waals surface area contributed by atoms with Crippen LogP contribution in [-0.4, -0.2) is 33.8 Å². The molecular formula is C19H25FIN3O2. The van der Waals surface area contributed by atoms with Crippen LogP contribution in [0.2, 0.25) is 0 Å². The molecule has 0 aliphatic carbocycles. The van der Waals surface area contributed by atoms with Gasteiger partial charge in [-0.15, -0.1) is 24.0 Å². The van der Waals surface area contributed by atoms with Crippen LogP contribution >= 0.6 is 24.0 Å². The number of methoxy groups -OCH3 is 2. The molecule has 0 aromatic heterocycles. The maximum absolute atomic E-state index is 13.6. The van der Waals surface area contributed by atoms with Gasteiger partial charge in [-0.05, 0) is 30.2 Å². The number of hydrogen-bond donors (Lipinski definition) is 2. The Bertz CT molecular complexity index is 726. The molecule has 7 heteroatoms. The quantitative estimate of drug-likeness (QED) is 0.368. The van der Waals surface area contributed by atoms with E-state index in [9.17, 15) is 4.39 Å². The standard InChI is InChI=1S/C19H24FN3O2.HI/c1-21-19(23-13-15-6-4-5-7-16(15)20)22-11-10-14-8-9-17(24-2)18(12-14)25-3;/h4-9,12H,10-11,13H2,1-3H3,(H2,21,22,23);1H. The van der Waals surface area contributed by atoms with Gasteiger partial charge in [0.15, 0.2) is 17.5 Å². The number of hydrogen-bond acceptors (Lipinski definition) is 3. The molecule has 0 spiro atoms. The van der Waals surface area contributed by atoms with Crippen LogP contribution < -0.4 is 20.1 Å². The molecule has 0 fully saturated rings. The van der Waals surface area contributed by atoms with Crippen molar-refractivity contribution in [2.75, 3.05) is 27.8 Å². The molecule has 142 valence electrons. The molecule has 0 saturated heterocycles. The predicted molar refractivity (Wildman–Crippen MR) is 113 cm³/mol. The van der Waals surface area contributed by atoms with E-state index in [4.69, 9.17) is 9.47 Å². The molecule has 0 heterocycles. The van der Waals surface area contributed by atoms with E-state index in [1.165, 1.54) is 6.07 Å². The van der Waals surface area contributed by atoms with Crippen LogP contribution in [0.25, 0.3) is 0 Å². The Morgan fingerprint density at radius 3 is 2.42 bits per heavy atom. The maximum atomic E-state index is 13.6. The topological polar surface area (TPSA) is 54.9 Å². The number of ether oxygens (including phenoxy) is 2. The van der Waals surface area contributed by atoms with E-state index < -0.39 is 0 Å². The third kappa shape index (κ3) is 6.36. The van der Waals surface area contributed by atoms with Crippen molar-refractivity contribution >= 4 is 29.9 Å². The molecule has 0 aliphatic rings. The highest BCUT2D eigenvalue weighted by molar-refractivity contribution is 14.0. The Hall–Kier alpha value is -2.03. The van der Waals surface area contributed by atoms with E-state index in [0.717, 1.165) is 12.0 Å². The summed E-state index contributed by atoms with van der Waals surface area (Å²) < 4.78 is 24.2. The minimum atomic E-state index is -0.226. The molecule has 0 bridgehead atoms. The summed E-state index contributed by atoms with van der Waals surface area (Å²) in [4.78, 5) is 4.15. The van der Waals surface area contributed by atoms with Crippen LogP contribution in [0.4, 0.5) is 4.39 Å². The number of guanidine groups is 1. The molecule has 0 amide bonds. The lowest BCUT2D eigenvalue weighted by molar-refractivity contribution is 0.354. The first-order valence-corrected chi connectivity index (χ1v) is 8.06. The first-order chi connectivity index (χ1) is 12.2. The van der Waals surface area contributed by atoms with E-state index in [2.05, 4.69) is 15.6 Å². The van der Waals surface area contributed by atoms with Crippen molar-refractivity contribution in [1.29, 1.82) is 0 Å². The third-order valence-corrected chi connectivity index (χ3v) is 3.78. The summed E-state index contributed by atoms with van der Waals surface area (Å²) >= 11 is 0. The molecular weight excluding hydrogens is 448 g/mol. The molecule has 2 aromatic rings. The molecule has 26 heavy (non-hydrogen) atoms. The fourth-order valence-corrected chi connectivity index (χ4v) is 2.40. The van der Waals surface area contributed by atoms with Gasteiger partial charge in [0.25, 0.3) is 0 Å². The molecule has 2 aromatic carbocycles. The molecule has 2 rings (SSSR count). The van der Waals surface area contributed by atoms with Crippen LogP contribution in [0.1, 0.15) is 11.1 Å². The fourth-order valence-electron chi connectivity index (χ4n) is 2.40. The van der Waals surface area contributed by atoms with Gasteiger partial charge in [0.05, 0.1) is 14.2 Å². The summed E-state index contributed by atoms with van der Waals surface area (Å²) in [6.07, 6.45) is 0.792. The van der Waals surface area contributed by atoms with Crippen molar-refractivity contribution in [2.45, 2.75) is 13.0 Å². The van der Waals surface area contributed by atoms with Gasteiger partial charge in [-0.1, -0.05) is 24.3 Å². The summed E-state index contributed by atoms with van der Waals surface area (Å²) in [6, 6.07) is 12.5. The first kappa shape index (κ1) is 22.0. The number of halogens is 2. The van der Waals surface area contributed by atoms with E-state index in [1.54, 1.807) is 33.4 Å². The smallest absolute Gasteiger partial charge is 0.191 e. The summed E-state index contributed by atoms with van der Waals surface area (Å²) in [5, 5.41) is 6.33. The Morgan fingerprint density at radius 1 is 1.04 bits per heavy atom. The van der Waals surface area contributed by atoms with E-state index in [0.29, 0.717) is 36.1 Å². The highest BCUT2D eigenvalue weighted by Gasteiger charge is 2.05. The van der Waals surface area contributed by atoms with Crippen molar-refractivity contribution in [3.05, 3.63) is 59.4 Å². The number of nitrogens with zero attached hydrogens (tertiary/aromatic N) is 1. The average molecular weight is 473 g/mol. The molecule has 0 saturated carbocycles. The summed E-state index contributed by atoms with van der Waals surface area (Å²) in [7, 11) is 4.92. The number of nitrogens with one attached hydrogen (secondary N) is 2. The van der Waals surface area contributed by atoms with Gasteiger partial charge in [-0.3, -0.25) is 4.99 Å². The Morgan fingerprint density at radius 2 is 1.77 bits per heavy atom. The highest BCUT2D eigenvalue weighted by Crippen LogP contribution is 2.27. The third-order valence-electron chi connectivity index (χ3n) is 3.78. The summed E-state index contributed by atoms with van der Waals surface area (Å²) in [5.41, 5.74) is 1.72. The van der Waals surface area contributed by atoms with Crippen molar-refractivity contribution < 1.29 is 13.9 Å². The highest BCUT2D eigenvalue weighted by atomic mass is 127. The minimum Gasteiger partial charge on any atom is -0.493 e. The van der Waals surface area contributed by atoms with Gasteiger partial charge in [0, 0.05) is 25.7 Å². The second kappa shape index (κ2) is 11.6. The van der Waals surface area contributed by atoms with E-state index in [-0.39, 0.29) is 29.8 Å². The zero-order valence-corrected chi connectivity index (χ0v) is 17.5.